The first-order valence-corrected chi connectivity index (χ1v) is 17.4. The number of imidazole rings is 1. The number of piperidine rings is 1. The summed E-state index contributed by atoms with van der Waals surface area (Å²) in [5, 5.41) is 12.1. The molecule has 0 saturated carbocycles. The van der Waals surface area contributed by atoms with Crippen LogP contribution in [0.3, 0.4) is 0 Å². The van der Waals surface area contributed by atoms with Crippen molar-refractivity contribution in [3.05, 3.63) is 88.6 Å². The Balaban J connectivity index is 1.10. The molecule has 3 N–H and O–H groups in total. The fourth-order valence-corrected chi connectivity index (χ4v) is 6.32. The number of ether oxygens (including phenoxy) is 3. The Kier molecular flexibility index (Phi) is 11.1. The number of hydrogen-bond acceptors (Lipinski definition) is 9. The fraction of sp³-hybridized carbons (Fsp3) is 0.474. The number of nitrogens with one attached hydrogen (secondary N) is 1. The van der Waals surface area contributed by atoms with E-state index in [2.05, 4.69) is 14.8 Å². The van der Waals surface area contributed by atoms with Crippen molar-refractivity contribution in [2.75, 3.05) is 32.8 Å². The summed E-state index contributed by atoms with van der Waals surface area (Å²) >= 11 is 0. The third-order valence-electron chi connectivity index (χ3n) is 9.46. The molecule has 4 aromatic rings. The molecule has 0 aliphatic carbocycles. The van der Waals surface area contributed by atoms with Crippen LogP contribution in [0, 0.1) is 17.1 Å². The van der Waals surface area contributed by atoms with Crippen molar-refractivity contribution in [1.29, 1.82) is 5.26 Å². The molecule has 2 aromatic carbocycles. The van der Waals surface area contributed by atoms with E-state index in [1.807, 2.05) is 57.2 Å². The first kappa shape index (κ1) is 35.4. The van der Waals surface area contributed by atoms with Crippen LogP contribution in [-0.2, 0) is 29.2 Å². The van der Waals surface area contributed by atoms with Crippen molar-refractivity contribution in [2.45, 2.75) is 83.4 Å². The van der Waals surface area contributed by atoms with Crippen LogP contribution >= 0.6 is 0 Å². The van der Waals surface area contributed by atoms with Crippen LogP contribution in [0.15, 0.2) is 54.6 Å². The summed E-state index contributed by atoms with van der Waals surface area (Å²) in [7, 11) is 0. The number of halogens is 1. The Morgan fingerprint density at radius 2 is 1.96 bits per heavy atom. The summed E-state index contributed by atoms with van der Waals surface area (Å²) < 4.78 is 34.0. The average molecular weight is 684 g/mol. The van der Waals surface area contributed by atoms with E-state index in [0.29, 0.717) is 43.2 Å². The summed E-state index contributed by atoms with van der Waals surface area (Å²) in [5.41, 5.74) is 9.08. The highest BCUT2D eigenvalue weighted by molar-refractivity contribution is 5.97. The lowest BCUT2D eigenvalue weighted by atomic mass is 9.93. The molecule has 0 radical (unpaired) electrons. The summed E-state index contributed by atoms with van der Waals surface area (Å²) in [6.07, 6.45) is 2.90. The zero-order chi connectivity index (χ0) is 35.3. The minimum absolute atomic E-state index is 0.0347. The highest BCUT2D eigenvalue weighted by atomic mass is 19.1. The summed E-state index contributed by atoms with van der Waals surface area (Å²) in [6.45, 7) is 10.5. The first-order chi connectivity index (χ1) is 24.1. The molecule has 264 valence electrons. The van der Waals surface area contributed by atoms with E-state index >= 15 is 0 Å². The van der Waals surface area contributed by atoms with Crippen LogP contribution < -0.4 is 15.8 Å². The number of hydrogen-bond donors (Lipinski definition) is 2. The van der Waals surface area contributed by atoms with Crippen LogP contribution in [0.1, 0.15) is 79.0 Å². The smallest absolute Gasteiger partial charge is 0.251 e. The van der Waals surface area contributed by atoms with Gasteiger partial charge in [0.2, 0.25) is 5.88 Å². The number of carbonyl (C=O) groups is 1. The van der Waals surface area contributed by atoms with E-state index in [-0.39, 0.29) is 36.2 Å². The minimum atomic E-state index is -0.567. The maximum atomic E-state index is 14.3. The third kappa shape index (κ3) is 8.65. The van der Waals surface area contributed by atoms with Gasteiger partial charge in [0.25, 0.3) is 5.91 Å². The Bertz CT molecular complexity index is 1840. The number of aromatic nitrogens is 3. The lowest BCUT2D eigenvalue weighted by Crippen LogP contribution is -2.48. The van der Waals surface area contributed by atoms with Crippen molar-refractivity contribution in [1.82, 2.24) is 24.8 Å². The van der Waals surface area contributed by atoms with Gasteiger partial charge >= 0.3 is 0 Å². The summed E-state index contributed by atoms with van der Waals surface area (Å²) in [6, 6.07) is 17.7. The van der Waals surface area contributed by atoms with Gasteiger partial charge in [0.1, 0.15) is 18.2 Å². The van der Waals surface area contributed by atoms with Crippen molar-refractivity contribution in [3.63, 3.8) is 0 Å². The second kappa shape index (κ2) is 15.6. The lowest BCUT2D eigenvalue weighted by molar-refractivity contribution is -0.0592. The number of nitrogens with zero attached hydrogens (tertiary/aromatic N) is 5. The molecular weight excluding hydrogens is 637 g/mol. The standard InChI is InChI=1S/C38H46FN7O4/c1-25(19-40)50-24-38(2,3)44-37(47)28-9-10-33-34(18-28)46(21-30-13-16-48-30)35(42-33)22-45-14-11-27(12-15-45)32-5-4-6-36(43-32)49-23-29-8-7-26(20-41)17-31(29)39/h4-10,17-18,25,27,30H,11-16,19,21-24,40H2,1-3H3,(H,44,47). The Morgan fingerprint density at radius 3 is 2.66 bits per heavy atom. The fourth-order valence-electron chi connectivity index (χ4n) is 6.32. The van der Waals surface area contributed by atoms with Crippen LogP contribution in [0.25, 0.3) is 11.0 Å². The van der Waals surface area contributed by atoms with Crippen molar-refractivity contribution in [3.8, 4) is 11.9 Å². The molecule has 11 nitrogen and oxygen atoms in total. The number of fused-ring (bicyclic) bond motifs is 1. The molecule has 2 saturated heterocycles. The van der Waals surface area contributed by atoms with Gasteiger partial charge in [-0.1, -0.05) is 12.1 Å². The highest BCUT2D eigenvalue weighted by Gasteiger charge is 2.27. The molecule has 4 heterocycles. The molecule has 2 aliphatic rings. The molecule has 12 heteroatoms. The molecule has 2 fully saturated rings. The molecule has 6 rings (SSSR count). The van der Waals surface area contributed by atoms with Gasteiger partial charge in [0, 0.05) is 42.0 Å². The maximum absolute atomic E-state index is 14.3. The van der Waals surface area contributed by atoms with Gasteiger partial charge in [-0.3, -0.25) is 9.69 Å². The number of nitriles is 1. The quantitative estimate of drug-likeness (QED) is 0.187. The Morgan fingerprint density at radius 1 is 1.16 bits per heavy atom. The van der Waals surface area contributed by atoms with Gasteiger partial charge in [-0.2, -0.15) is 5.26 Å². The van der Waals surface area contributed by atoms with Crippen molar-refractivity contribution in [2.24, 2.45) is 5.73 Å². The van der Waals surface area contributed by atoms with Crippen molar-refractivity contribution < 1.29 is 23.4 Å². The third-order valence-corrected chi connectivity index (χ3v) is 9.46. The van der Waals surface area contributed by atoms with Crippen LogP contribution in [0.4, 0.5) is 4.39 Å². The van der Waals surface area contributed by atoms with E-state index in [4.69, 9.17) is 35.2 Å². The predicted octanol–water partition coefficient (Wildman–Crippen LogP) is 5.06. The molecule has 2 aromatic heterocycles. The molecule has 2 aliphatic heterocycles. The average Bonchev–Trinajstić information content (AvgIpc) is 3.44. The molecule has 2 unspecified atom stereocenters. The van der Waals surface area contributed by atoms with E-state index in [9.17, 15) is 9.18 Å². The lowest BCUT2D eigenvalue weighted by Gasteiger charge is -2.32. The Labute approximate surface area is 292 Å². The molecule has 50 heavy (non-hydrogen) atoms. The number of amides is 1. The first-order valence-electron chi connectivity index (χ1n) is 17.4. The van der Waals surface area contributed by atoms with E-state index in [1.165, 1.54) is 6.07 Å². The predicted molar refractivity (Wildman–Crippen MR) is 187 cm³/mol. The highest BCUT2D eigenvalue weighted by Crippen LogP contribution is 2.30. The van der Waals surface area contributed by atoms with Crippen LogP contribution in [-0.4, -0.2) is 75.9 Å². The second-order valence-electron chi connectivity index (χ2n) is 14.0. The Hall–Kier alpha value is -4.41. The van der Waals surface area contributed by atoms with Gasteiger partial charge in [0.15, 0.2) is 0 Å². The second-order valence-corrected chi connectivity index (χ2v) is 14.0. The van der Waals surface area contributed by atoms with Gasteiger partial charge < -0.3 is 29.8 Å². The van der Waals surface area contributed by atoms with Gasteiger partial charge in [0.05, 0.1) is 60.1 Å². The molecular formula is C38H46FN7O4. The number of carbonyl (C=O) groups excluding carboxylic acids is 1. The van der Waals surface area contributed by atoms with Crippen molar-refractivity contribution >= 4 is 16.9 Å². The van der Waals surface area contributed by atoms with Crippen LogP contribution in [0.5, 0.6) is 5.88 Å². The number of benzene rings is 2. The van der Waals surface area contributed by atoms with E-state index < -0.39 is 11.4 Å². The van der Waals surface area contributed by atoms with Gasteiger partial charge in [-0.05, 0) is 89.5 Å². The topological polar surface area (TPSA) is 141 Å². The number of nitrogens with two attached hydrogens (primary N) is 1. The van der Waals surface area contributed by atoms with Gasteiger partial charge in [-0.15, -0.1) is 0 Å². The minimum Gasteiger partial charge on any atom is -0.473 e. The number of likely N-dealkylation sites (tertiary alicyclic amines) is 1. The van der Waals surface area contributed by atoms with E-state index in [0.717, 1.165) is 61.5 Å². The number of pyridine rings is 1. The molecule has 0 spiro atoms. The summed E-state index contributed by atoms with van der Waals surface area (Å²) in [4.78, 5) is 25.6. The summed E-state index contributed by atoms with van der Waals surface area (Å²) in [5.74, 6) is 1.05. The molecule has 0 bridgehead atoms. The largest absolute Gasteiger partial charge is 0.473 e. The molecule has 1 amide bonds. The number of rotatable bonds is 14. The molecule has 2 atom stereocenters. The monoisotopic (exact) mass is 683 g/mol. The zero-order valence-electron chi connectivity index (χ0n) is 29.0. The zero-order valence-corrected chi connectivity index (χ0v) is 29.0. The van der Waals surface area contributed by atoms with Crippen LogP contribution in [0.2, 0.25) is 0 Å². The maximum Gasteiger partial charge on any atom is 0.251 e. The van der Waals surface area contributed by atoms with E-state index in [1.54, 1.807) is 18.2 Å². The normalized spacial score (nSPS) is 17.6. The SMILES string of the molecule is CC(CN)OCC(C)(C)NC(=O)c1ccc2nc(CN3CCC(c4cccc(OCc5ccc(C#N)cc5F)n4)CC3)n(CC3CCO3)c2c1. The van der Waals surface area contributed by atoms with Gasteiger partial charge in [-0.25, -0.2) is 14.4 Å².